The molecule has 110 valence electrons. The lowest BCUT2D eigenvalue weighted by atomic mass is 10.1. The van der Waals surface area contributed by atoms with Crippen molar-refractivity contribution in [1.82, 2.24) is 20.1 Å². The van der Waals surface area contributed by atoms with Crippen LogP contribution < -0.4 is 5.32 Å². The topological polar surface area (TPSA) is 55.9 Å². The smallest absolute Gasteiger partial charge is 0.151 e. The number of fused-ring (bicyclic) bond motifs is 1. The van der Waals surface area contributed by atoms with E-state index in [1.807, 2.05) is 25.2 Å². The van der Waals surface area contributed by atoms with Crippen LogP contribution in [0.25, 0.3) is 11.0 Å². The lowest BCUT2D eigenvalue weighted by Gasteiger charge is -2.11. The summed E-state index contributed by atoms with van der Waals surface area (Å²) in [5.41, 5.74) is 2.16. The Balaban J connectivity index is 1.66. The van der Waals surface area contributed by atoms with Gasteiger partial charge in [-0.05, 0) is 25.5 Å². The van der Waals surface area contributed by atoms with Gasteiger partial charge < -0.3 is 9.73 Å². The summed E-state index contributed by atoms with van der Waals surface area (Å²) >= 11 is 0. The monoisotopic (exact) mass is 284 g/mol. The van der Waals surface area contributed by atoms with Gasteiger partial charge >= 0.3 is 0 Å². The number of para-hydroxylation sites is 1. The maximum Gasteiger partial charge on any atom is 0.151 e. The summed E-state index contributed by atoms with van der Waals surface area (Å²) in [5, 5.41) is 8.94. The van der Waals surface area contributed by atoms with Gasteiger partial charge in [0, 0.05) is 25.4 Å². The molecule has 0 aliphatic heterocycles. The average molecular weight is 284 g/mol. The van der Waals surface area contributed by atoms with E-state index in [0.717, 1.165) is 30.1 Å². The Morgan fingerprint density at radius 1 is 1.33 bits per heavy atom. The van der Waals surface area contributed by atoms with Crippen molar-refractivity contribution in [3.8, 4) is 0 Å². The number of hydrogen-bond donors (Lipinski definition) is 1. The molecular formula is C16H20N4O. The van der Waals surface area contributed by atoms with Crippen LogP contribution in [0, 0.1) is 6.92 Å². The molecule has 0 aliphatic carbocycles. The first-order valence-electron chi connectivity index (χ1n) is 7.21. The highest BCUT2D eigenvalue weighted by Gasteiger charge is 2.15. The zero-order chi connectivity index (χ0) is 14.8. The first-order valence-corrected chi connectivity index (χ1v) is 7.21. The van der Waals surface area contributed by atoms with Crippen molar-refractivity contribution in [1.29, 1.82) is 0 Å². The summed E-state index contributed by atoms with van der Waals surface area (Å²) in [5.74, 6) is 1.86. The van der Waals surface area contributed by atoms with Crippen LogP contribution >= 0.6 is 0 Å². The van der Waals surface area contributed by atoms with E-state index in [1.54, 1.807) is 11.0 Å². The van der Waals surface area contributed by atoms with Gasteiger partial charge in [0.15, 0.2) is 5.82 Å². The predicted octanol–water partition coefficient (Wildman–Crippen LogP) is 2.76. The highest BCUT2D eigenvalue weighted by atomic mass is 16.3. The van der Waals surface area contributed by atoms with Crippen molar-refractivity contribution < 1.29 is 4.42 Å². The molecule has 0 saturated heterocycles. The second-order valence-corrected chi connectivity index (χ2v) is 5.35. The minimum absolute atomic E-state index is 0.168. The van der Waals surface area contributed by atoms with E-state index >= 15 is 0 Å². The Morgan fingerprint density at radius 3 is 2.86 bits per heavy atom. The average Bonchev–Trinajstić information content (AvgIpc) is 3.03. The number of nitrogens with zero attached hydrogens (tertiary/aromatic N) is 3. The van der Waals surface area contributed by atoms with Gasteiger partial charge in [-0.15, -0.1) is 0 Å². The molecule has 0 radical (unpaired) electrons. The summed E-state index contributed by atoms with van der Waals surface area (Å²) in [7, 11) is 1.88. The molecule has 0 aliphatic rings. The molecule has 0 fully saturated rings. The van der Waals surface area contributed by atoms with Crippen molar-refractivity contribution in [3.63, 3.8) is 0 Å². The predicted molar refractivity (Wildman–Crippen MR) is 82.1 cm³/mol. The van der Waals surface area contributed by atoms with Crippen LogP contribution in [0.4, 0.5) is 0 Å². The first-order chi connectivity index (χ1) is 10.1. The minimum Gasteiger partial charge on any atom is -0.459 e. The molecular weight excluding hydrogens is 264 g/mol. The van der Waals surface area contributed by atoms with E-state index in [1.165, 1.54) is 10.9 Å². The maximum atomic E-state index is 5.97. The lowest BCUT2D eigenvalue weighted by Crippen LogP contribution is -2.22. The van der Waals surface area contributed by atoms with Crippen molar-refractivity contribution in [2.75, 3.05) is 6.54 Å². The van der Waals surface area contributed by atoms with E-state index in [0.29, 0.717) is 0 Å². The summed E-state index contributed by atoms with van der Waals surface area (Å²) in [4.78, 5) is 4.23. The maximum absolute atomic E-state index is 5.97. The van der Waals surface area contributed by atoms with Gasteiger partial charge in [0.05, 0.1) is 6.04 Å². The number of furan rings is 1. The molecule has 0 bridgehead atoms. The van der Waals surface area contributed by atoms with Gasteiger partial charge in [0.1, 0.15) is 17.7 Å². The third-order valence-corrected chi connectivity index (χ3v) is 3.72. The van der Waals surface area contributed by atoms with E-state index < -0.39 is 0 Å². The van der Waals surface area contributed by atoms with Crippen LogP contribution in [0.3, 0.4) is 0 Å². The zero-order valence-electron chi connectivity index (χ0n) is 12.6. The fourth-order valence-corrected chi connectivity index (χ4v) is 2.60. The van der Waals surface area contributed by atoms with Crippen molar-refractivity contribution >= 4 is 11.0 Å². The molecule has 5 heteroatoms. The van der Waals surface area contributed by atoms with Gasteiger partial charge in [0.25, 0.3) is 0 Å². The zero-order valence-corrected chi connectivity index (χ0v) is 12.6. The number of rotatable bonds is 5. The molecule has 3 aromatic rings. The number of aromatic nitrogens is 3. The molecule has 3 rings (SSSR count). The fourth-order valence-electron chi connectivity index (χ4n) is 2.60. The standard InChI is InChI=1S/C16H20N4O/c1-11-13-6-4-5-7-14(13)21-16(11)12(2)17-9-8-15-18-10-20(3)19-15/h4-7,10,12,17H,8-9H2,1-3H3. The van der Waals surface area contributed by atoms with Crippen LogP contribution in [0.1, 0.15) is 30.1 Å². The normalized spacial score (nSPS) is 12.9. The van der Waals surface area contributed by atoms with Crippen LogP contribution in [-0.4, -0.2) is 21.3 Å². The summed E-state index contributed by atoms with van der Waals surface area (Å²) < 4.78 is 7.69. The highest BCUT2D eigenvalue weighted by Crippen LogP contribution is 2.28. The van der Waals surface area contributed by atoms with Gasteiger partial charge in [0.2, 0.25) is 0 Å². The number of hydrogen-bond acceptors (Lipinski definition) is 4. The number of nitrogens with one attached hydrogen (secondary N) is 1. The Kier molecular flexibility index (Phi) is 3.75. The molecule has 21 heavy (non-hydrogen) atoms. The van der Waals surface area contributed by atoms with Crippen molar-refractivity contribution in [3.05, 3.63) is 47.7 Å². The van der Waals surface area contributed by atoms with Gasteiger partial charge in [-0.2, -0.15) is 5.10 Å². The molecule has 0 spiro atoms. The molecule has 1 N–H and O–H groups in total. The third-order valence-electron chi connectivity index (χ3n) is 3.72. The fraction of sp³-hybridized carbons (Fsp3) is 0.375. The van der Waals surface area contributed by atoms with Crippen LogP contribution in [0.2, 0.25) is 0 Å². The van der Waals surface area contributed by atoms with Gasteiger partial charge in [-0.1, -0.05) is 18.2 Å². The second-order valence-electron chi connectivity index (χ2n) is 5.35. The summed E-state index contributed by atoms with van der Waals surface area (Å²) in [6.07, 6.45) is 2.53. The largest absolute Gasteiger partial charge is 0.459 e. The molecule has 5 nitrogen and oxygen atoms in total. The van der Waals surface area contributed by atoms with E-state index in [9.17, 15) is 0 Å². The second kappa shape index (κ2) is 5.69. The molecule has 1 unspecified atom stereocenters. The summed E-state index contributed by atoms with van der Waals surface area (Å²) in [6, 6.07) is 8.32. The minimum atomic E-state index is 0.168. The Labute approximate surface area is 124 Å². The van der Waals surface area contributed by atoms with Crippen molar-refractivity contribution in [2.24, 2.45) is 7.05 Å². The first kappa shape index (κ1) is 13.8. The highest BCUT2D eigenvalue weighted by molar-refractivity contribution is 5.82. The third kappa shape index (κ3) is 2.83. The Hall–Kier alpha value is -2.14. The lowest BCUT2D eigenvalue weighted by molar-refractivity contribution is 0.449. The molecule has 0 saturated carbocycles. The van der Waals surface area contributed by atoms with Crippen LogP contribution in [0.15, 0.2) is 35.0 Å². The van der Waals surface area contributed by atoms with Crippen molar-refractivity contribution in [2.45, 2.75) is 26.3 Å². The quantitative estimate of drug-likeness (QED) is 0.782. The Morgan fingerprint density at radius 2 is 2.14 bits per heavy atom. The van der Waals surface area contributed by atoms with Gasteiger partial charge in [-0.3, -0.25) is 4.68 Å². The van der Waals surface area contributed by atoms with Crippen LogP contribution in [0.5, 0.6) is 0 Å². The number of benzene rings is 1. The molecule has 2 heterocycles. The van der Waals surface area contributed by atoms with Gasteiger partial charge in [-0.25, -0.2) is 4.98 Å². The number of aryl methyl sites for hydroxylation is 2. The molecule has 1 aromatic carbocycles. The SMILES string of the molecule is Cc1c(C(C)NCCc2ncn(C)n2)oc2ccccc12. The van der Waals surface area contributed by atoms with E-state index in [2.05, 4.69) is 35.3 Å². The van der Waals surface area contributed by atoms with E-state index in [4.69, 9.17) is 4.42 Å². The molecule has 0 amide bonds. The molecule has 2 aromatic heterocycles. The summed E-state index contributed by atoms with van der Waals surface area (Å²) in [6.45, 7) is 5.05. The van der Waals surface area contributed by atoms with Crippen LogP contribution in [-0.2, 0) is 13.5 Å². The Bertz CT molecular complexity index is 744. The van der Waals surface area contributed by atoms with E-state index in [-0.39, 0.29) is 6.04 Å². The molecule has 1 atom stereocenters.